The molecule has 0 atom stereocenters. The van der Waals surface area contributed by atoms with E-state index in [0.717, 1.165) is 111 Å². The van der Waals surface area contributed by atoms with E-state index in [1.54, 1.807) is 0 Å². The molecule has 0 saturated heterocycles. The van der Waals surface area contributed by atoms with Gasteiger partial charge >= 0.3 is 0 Å². The standard InChI is InChI=1S/C69H43N7/c70-44-47-13-22-56(23-14-47)73(61-28-19-50-7-1-4-10-53(50)39-61)59-31-33-60(34-32-59)76-68-42-64(74(57-24-15-48(45-71)16-25-57)62-29-20-51-8-2-5-11-54(51)40-62)35-37-66(68)67-38-36-65(43-69(67)76)75(58-26-17-49(46-72)18-27-58)63-30-21-52-9-3-6-12-55(52)41-63/h1-43H. The highest BCUT2D eigenvalue weighted by molar-refractivity contribution is 6.12. The van der Waals surface area contributed by atoms with Gasteiger partial charge in [-0.15, -0.1) is 0 Å². The Labute approximate surface area is 439 Å². The third-order valence-corrected chi connectivity index (χ3v) is 14.4. The maximum atomic E-state index is 9.82. The molecule has 0 radical (unpaired) electrons. The molecule has 0 saturated carbocycles. The Morgan fingerprint density at radius 2 is 0.513 bits per heavy atom. The van der Waals surface area contributed by atoms with Gasteiger partial charge in [-0.25, -0.2) is 0 Å². The molecule has 76 heavy (non-hydrogen) atoms. The molecule has 0 aliphatic carbocycles. The first-order valence-corrected chi connectivity index (χ1v) is 25.1. The summed E-state index contributed by atoms with van der Waals surface area (Å²) >= 11 is 0. The van der Waals surface area contributed by atoms with Crippen molar-refractivity contribution in [1.82, 2.24) is 4.57 Å². The van der Waals surface area contributed by atoms with Gasteiger partial charge in [-0.05, 0) is 190 Å². The molecule has 0 aliphatic heterocycles. The number of anilines is 9. The van der Waals surface area contributed by atoms with Gasteiger partial charge in [0.2, 0.25) is 0 Å². The second-order valence-corrected chi connectivity index (χ2v) is 18.8. The van der Waals surface area contributed by atoms with Crippen molar-refractivity contribution < 1.29 is 0 Å². The number of fused-ring (bicyclic) bond motifs is 6. The summed E-state index contributed by atoms with van der Waals surface area (Å²) < 4.78 is 2.36. The van der Waals surface area contributed by atoms with E-state index in [4.69, 9.17) is 0 Å². The summed E-state index contributed by atoms with van der Waals surface area (Å²) in [6, 6.07) is 97.0. The van der Waals surface area contributed by atoms with E-state index in [-0.39, 0.29) is 0 Å². The predicted molar refractivity (Wildman–Crippen MR) is 311 cm³/mol. The van der Waals surface area contributed by atoms with E-state index in [9.17, 15) is 15.8 Å². The Morgan fingerprint density at radius 1 is 0.250 bits per heavy atom. The Kier molecular flexibility index (Phi) is 11.2. The Bertz CT molecular complexity index is 4300. The molecule has 7 nitrogen and oxygen atoms in total. The summed E-state index contributed by atoms with van der Waals surface area (Å²) in [4.78, 5) is 6.75. The van der Waals surface area contributed by atoms with Crippen LogP contribution in [0.1, 0.15) is 16.7 Å². The molecule has 1 heterocycles. The van der Waals surface area contributed by atoms with Gasteiger partial charge in [0.1, 0.15) is 0 Å². The zero-order valence-electron chi connectivity index (χ0n) is 41.0. The summed E-state index contributed by atoms with van der Waals surface area (Å²) in [5.41, 5.74) is 13.4. The van der Waals surface area contributed by atoms with E-state index in [2.05, 4.69) is 226 Å². The number of rotatable bonds is 10. The molecule has 0 aliphatic rings. The van der Waals surface area contributed by atoms with Gasteiger partial charge < -0.3 is 19.3 Å². The lowest BCUT2D eigenvalue weighted by atomic mass is 10.1. The first kappa shape index (κ1) is 45.0. The second kappa shape index (κ2) is 18.9. The number of nitrogens with zero attached hydrogens (tertiary/aromatic N) is 7. The molecule has 12 aromatic carbocycles. The number of aromatic nitrogens is 1. The molecule has 354 valence electrons. The van der Waals surface area contributed by atoms with Gasteiger partial charge in [0.15, 0.2) is 0 Å². The topological polar surface area (TPSA) is 86.0 Å². The van der Waals surface area contributed by atoms with Crippen molar-refractivity contribution in [2.75, 3.05) is 14.7 Å². The van der Waals surface area contributed by atoms with Crippen LogP contribution in [0.4, 0.5) is 51.2 Å². The monoisotopic (exact) mass is 969 g/mol. The maximum absolute atomic E-state index is 9.82. The quantitative estimate of drug-likeness (QED) is 0.136. The SMILES string of the molecule is N#Cc1ccc(N(c2ccc(-n3c4cc(N(c5ccc(C#N)cc5)c5ccc6ccccc6c5)ccc4c4ccc(N(c5ccc(C#N)cc5)c5ccc6ccccc6c5)cc43)cc2)c2ccc3ccccc3c2)cc1. The van der Waals surface area contributed by atoms with Crippen LogP contribution in [-0.4, -0.2) is 4.57 Å². The van der Waals surface area contributed by atoms with Gasteiger partial charge in [0, 0.05) is 67.6 Å². The molecule has 0 spiro atoms. The van der Waals surface area contributed by atoms with Crippen molar-refractivity contribution in [2.24, 2.45) is 0 Å². The molecule has 7 heteroatoms. The van der Waals surface area contributed by atoms with Crippen LogP contribution in [0.2, 0.25) is 0 Å². The lowest BCUT2D eigenvalue weighted by molar-refractivity contribution is 1.17. The summed E-state index contributed by atoms with van der Waals surface area (Å²) in [7, 11) is 0. The van der Waals surface area contributed by atoms with Crippen LogP contribution >= 0.6 is 0 Å². The van der Waals surface area contributed by atoms with E-state index < -0.39 is 0 Å². The van der Waals surface area contributed by atoms with E-state index >= 15 is 0 Å². The van der Waals surface area contributed by atoms with Crippen molar-refractivity contribution in [3.63, 3.8) is 0 Å². The van der Waals surface area contributed by atoms with Crippen LogP contribution in [0.3, 0.4) is 0 Å². The number of hydrogen-bond donors (Lipinski definition) is 0. The smallest absolute Gasteiger partial charge is 0.0991 e. The molecular weight excluding hydrogens is 927 g/mol. The molecule has 13 rings (SSSR count). The van der Waals surface area contributed by atoms with Gasteiger partial charge in [-0.3, -0.25) is 0 Å². The Hall–Kier alpha value is -10.9. The minimum atomic E-state index is 0.592. The molecule has 0 N–H and O–H groups in total. The maximum Gasteiger partial charge on any atom is 0.0991 e. The van der Waals surface area contributed by atoms with Crippen molar-refractivity contribution in [3.8, 4) is 23.9 Å². The largest absolute Gasteiger partial charge is 0.310 e. The number of nitriles is 3. The van der Waals surface area contributed by atoms with Crippen LogP contribution in [0.15, 0.2) is 261 Å². The zero-order valence-corrected chi connectivity index (χ0v) is 41.0. The molecule has 0 amide bonds. The van der Waals surface area contributed by atoms with Crippen molar-refractivity contribution >= 4 is 105 Å². The van der Waals surface area contributed by atoms with Crippen LogP contribution in [0.25, 0.3) is 59.8 Å². The Morgan fingerprint density at radius 3 is 0.842 bits per heavy atom. The van der Waals surface area contributed by atoms with Crippen LogP contribution in [-0.2, 0) is 0 Å². The Balaban J connectivity index is 1.03. The fourth-order valence-electron chi connectivity index (χ4n) is 10.6. The molecular formula is C69H43N7. The summed E-state index contributed by atoms with van der Waals surface area (Å²) in [6.45, 7) is 0. The molecule has 0 fully saturated rings. The fraction of sp³-hybridized carbons (Fsp3) is 0. The fourth-order valence-corrected chi connectivity index (χ4v) is 10.6. The highest BCUT2D eigenvalue weighted by atomic mass is 15.2. The lowest BCUT2D eigenvalue weighted by Crippen LogP contribution is -2.11. The summed E-state index contributed by atoms with van der Waals surface area (Å²) in [5.74, 6) is 0. The first-order chi connectivity index (χ1) is 37.5. The molecule has 0 unspecified atom stereocenters. The zero-order chi connectivity index (χ0) is 51.1. The van der Waals surface area contributed by atoms with Crippen molar-refractivity contribution in [2.45, 2.75) is 0 Å². The number of hydrogen-bond acceptors (Lipinski definition) is 6. The van der Waals surface area contributed by atoms with E-state index in [0.29, 0.717) is 16.7 Å². The highest BCUT2D eigenvalue weighted by Crippen LogP contribution is 2.44. The van der Waals surface area contributed by atoms with E-state index in [1.807, 2.05) is 72.8 Å². The van der Waals surface area contributed by atoms with Crippen molar-refractivity contribution in [3.05, 3.63) is 278 Å². The lowest BCUT2D eigenvalue weighted by Gasteiger charge is -2.27. The number of benzene rings is 12. The summed E-state index contributed by atoms with van der Waals surface area (Å²) in [6.07, 6.45) is 0. The molecule has 0 bridgehead atoms. The minimum Gasteiger partial charge on any atom is -0.310 e. The van der Waals surface area contributed by atoms with E-state index in [1.165, 1.54) is 0 Å². The minimum absolute atomic E-state index is 0.592. The second-order valence-electron chi connectivity index (χ2n) is 18.8. The average molecular weight is 970 g/mol. The predicted octanol–water partition coefficient (Wildman–Crippen LogP) is 18.3. The van der Waals surface area contributed by atoms with Crippen LogP contribution in [0.5, 0.6) is 0 Å². The first-order valence-electron chi connectivity index (χ1n) is 25.1. The highest BCUT2D eigenvalue weighted by Gasteiger charge is 2.22. The average Bonchev–Trinajstić information content (AvgIpc) is 3.84. The van der Waals surface area contributed by atoms with Crippen LogP contribution in [0, 0.1) is 34.0 Å². The third-order valence-electron chi connectivity index (χ3n) is 14.4. The van der Waals surface area contributed by atoms with Crippen molar-refractivity contribution in [1.29, 1.82) is 15.8 Å². The third kappa shape index (κ3) is 8.12. The van der Waals surface area contributed by atoms with Gasteiger partial charge in [0.05, 0.1) is 45.9 Å². The van der Waals surface area contributed by atoms with Gasteiger partial charge in [-0.2, -0.15) is 15.8 Å². The van der Waals surface area contributed by atoms with Crippen LogP contribution < -0.4 is 14.7 Å². The van der Waals surface area contributed by atoms with Gasteiger partial charge in [0.25, 0.3) is 0 Å². The molecule has 1 aromatic heterocycles. The van der Waals surface area contributed by atoms with Gasteiger partial charge in [-0.1, -0.05) is 103 Å². The summed E-state index contributed by atoms with van der Waals surface area (Å²) in [5, 5.41) is 38.4. The molecule has 13 aromatic rings. The normalized spacial score (nSPS) is 11.1.